The molecule has 54 valence electrons. The van der Waals surface area contributed by atoms with Crippen LogP contribution in [-0.2, 0) is 70.2 Å². The van der Waals surface area contributed by atoms with Crippen LogP contribution in [0.15, 0.2) is 0 Å². The summed E-state index contributed by atoms with van der Waals surface area (Å²) in [4.78, 5) is 0. The van der Waals surface area contributed by atoms with Gasteiger partial charge in [0.2, 0.25) is 0 Å². The first-order valence-corrected chi connectivity index (χ1v) is 1.46. The van der Waals surface area contributed by atoms with Gasteiger partial charge in [-0.2, -0.15) is 6.10 Å². The van der Waals surface area contributed by atoms with Crippen molar-refractivity contribution in [1.82, 2.24) is 0 Å². The molecule has 0 saturated carbocycles. The van der Waals surface area contributed by atoms with E-state index in [1.165, 1.54) is 0 Å². The molecule has 0 aromatic rings. The summed E-state index contributed by atoms with van der Waals surface area (Å²) in [6, 6.07) is 0. The summed E-state index contributed by atoms with van der Waals surface area (Å²) in [6.07, 6.45) is -0.116. The van der Waals surface area contributed by atoms with Crippen molar-refractivity contribution in [2.75, 3.05) is 7.11 Å². The summed E-state index contributed by atoms with van der Waals surface area (Å²) < 4.78 is 4.53. The van der Waals surface area contributed by atoms with Gasteiger partial charge >= 0.3 is 0 Å². The largest absolute Gasteiger partial charge is 0.444 e. The molecule has 0 aromatic carbocycles. The van der Waals surface area contributed by atoms with Gasteiger partial charge in [0.25, 0.3) is 0 Å². The Morgan fingerprint density at radius 3 is 1.22 bits per heavy atom. The Bertz CT molecular complexity index is 25.0. The number of rotatable bonds is 1. The Morgan fingerprint density at radius 2 is 1.22 bits per heavy atom. The van der Waals surface area contributed by atoms with Crippen molar-refractivity contribution in [1.29, 1.82) is 0 Å². The number of hydrogen-bond acceptors (Lipinski definition) is 1. The van der Waals surface area contributed by atoms with Crippen LogP contribution in [-0.4, -0.2) is 13.2 Å². The van der Waals surface area contributed by atoms with Crippen LogP contribution < -0.4 is 0 Å². The second kappa shape index (κ2) is 22.5. The Morgan fingerprint density at radius 1 is 1.11 bits per heavy atom. The summed E-state index contributed by atoms with van der Waals surface area (Å²) >= 11 is 0. The van der Waals surface area contributed by atoms with E-state index >= 15 is 0 Å². The van der Waals surface area contributed by atoms with E-state index in [1.807, 2.05) is 0 Å². The van der Waals surface area contributed by atoms with E-state index in [1.54, 1.807) is 7.11 Å². The van der Waals surface area contributed by atoms with E-state index in [2.05, 4.69) is 18.6 Å². The fourth-order valence-electron chi connectivity index (χ4n) is 0. The molecule has 0 aliphatic carbocycles. The first kappa shape index (κ1) is 30.4. The van der Waals surface area contributed by atoms with Gasteiger partial charge in [-0.15, -0.1) is 0 Å². The Labute approximate surface area is 110 Å². The predicted molar refractivity (Wildman–Crippen MR) is 34.3 cm³/mol. The maximum absolute atomic E-state index is 4.53. The Hall–Kier alpha value is 2.17. The first-order valence-electron chi connectivity index (χ1n) is 1.46. The average Bonchev–Trinajstić information content (AvgIpc) is 1.38. The fourth-order valence-corrected chi connectivity index (χ4v) is 0. The second-order valence-corrected chi connectivity index (χ2v) is 0.858. The van der Waals surface area contributed by atoms with Gasteiger partial charge in [0.15, 0.2) is 0 Å². The number of ether oxygens (including phenoxy) is 1. The molecule has 1 nitrogen and oxygen atoms in total. The minimum Gasteiger partial charge on any atom is -0.444 e. The topological polar surface area (TPSA) is 9.23 Å². The van der Waals surface area contributed by atoms with E-state index in [0.29, 0.717) is 0 Å². The molecule has 0 aromatic heterocycles. The zero-order valence-corrected chi connectivity index (χ0v) is 12.2. The summed E-state index contributed by atoms with van der Waals surface area (Å²) in [5.41, 5.74) is 0. The van der Waals surface area contributed by atoms with Gasteiger partial charge in [0.05, 0.1) is 0 Å². The van der Waals surface area contributed by atoms with E-state index in [-0.39, 0.29) is 86.4 Å². The molecule has 0 N–H and O–H groups in total. The zero-order valence-electron chi connectivity index (χ0n) is 6.55. The van der Waals surface area contributed by atoms with E-state index in [9.17, 15) is 0 Å². The molecule has 0 saturated heterocycles. The maximum atomic E-state index is 4.53. The Kier molecular flexibility index (Phi) is 75.8. The molecule has 0 fully saturated rings. The quantitative estimate of drug-likeness (QED) is 0.662. The monoisotopic (exact) mass is 280 g/mol. The molecule has 3 heteroatoms. The van der Waals surface area contributed by atoms with E-state index < -0.39 is 0 Å². The molecule has 0 rings (SSSR count). The van der Waals surface area contributed by atoms with Crippen LogP contribution in [0.5, 0.6) is 0 Å². The van der Waals surface area contributed by atoms with Crippen molar-refractivity contribution in [3.05, 3.63) is 28.7 Å². The summed E-state index contributed by atoms with van der Waals surface area (Å²) in [5, 5.41) is 0. The Balaban J connectivity index is -0.0000000133. The van der Waals surface area contributed by atoms with Crippen molar-refractivity contribution >= 4 is 0 Å². The van der Waals surface area contributed by atoms with Crippen LogP contribution in [0.3, 0.4) is 0 Å². The minimum absolute atomic E-state index is 0. The van der Waals surface area contributed by atoms with Crippen molar-refractivity contribution in [2.24, 2.45) is 0 Å². The molecule has 0 amide bonds. The third-order valence-corrected chi connectivity index (χ3v) is 0.333. The first-order chi connectivity index (χ1) is 2.27. The normalized spacial score (nSPS) is 5.33. The smallest absolute Gasteiger partial charge is 0.0289 e. The van der Waals surface area contributed by atoms with Crippen LogP contribution in [0.4, 0.5) is 0 Å². The van der Waals surface area contributed by atoms with Gasteiger partial charge in [-0.05, 0) is 0 Å². The van der Waals surface area contributed by atoms with Gasteiger partial charge in [0, 0.05) is 72.5 Å². The third-order valence-electron chi connectivity index (χ3n) is 0.333. The summed E-state index contributed by atoms with van der Waals surface area (Å²) in [6.45, 7) is 6.85. The SMILES string of the molecule is [CH2-]C([CH2-])OC.[CH3-].[CH3-].[Y].[Y]. The maximum Gasteiger partial charge on any atom is 0.0289 e. The summed E-state index contributed by atoms with van der Waals surface area (Å²) in [5.74, 6) is 0. The van der Waals surface area contributed by atoms with Crippen LogP contribution in [0.25, 0.3) is 0 Å². The molecule has 0 spiro atoms. The predicted octanol–water partition coefficient (Wildman–Crippen LogP) is 1.57. The second-order valence-electron chi connectivity index (χ2n) is 0.858. The van der Waals surface area contributed by atoms with E-state index in [0.717, 1.165) is 0 Å². The molecular weight excluding hydrogens is 266 g/mol. The van der Waals surface area contributed by atoms with Crippen LogP contribution in [0, 0.1) is 28.7 Å². The molecule has 0 heterocycles. The van der Waals surface area contributed by atoms with Crippen molar-refractivity contribution < 1.29 is 70.2 Å². The van der Waals surface area contributed by atoms with Gasteiger partial charge in [0.1, 0.15) is 0 Å². The van der Waals surface area contributed by atoms with Crippen LogP contribution in [0.2, 0.25) is 0 Å². The van der Waals surface area contributed by atoms with Crippen LogP contribution in [0.1, 0.15) is 0 Å². The average molecular weight is 280 g/mol. The van der Waals surface area contributed by atoms with Gasteiger partial charge in [-0.25, -0.2) is 0 Å². The molecular formula is C6H14OY2-4. The number of methoxy groups -OCH3 is 1. The van der Waals surface area contributed by atoms with Crippen molar-refractivity contribution in [3.8, 4) is 0 Å². The fraction of sp³-hybridized carbons (Fsp3) is 0.333. The zero-order chi connectivity index (χ0) is 4.28. The molecule has 2 radical (unpaired) electrons. The third kappa shape index (κ3) is 39.1. The van der Waals surface area contributed by atoms with Gasteiger partial charge in [-0.3, -0.25) is 0 Å². The molecule has 0 bridgehead atoms. The van der Waals surface area contributed by atoms with E-state index in [4.69, 9.17) is 0 Å². The molecule has 0 aliphatic rings. The summed E-state index contributed by atoms with van der Waals surface area (Å²) in [7, 11) is 1.57. The standard InChI is InChI=1S/C4H8O.2CH3.2Y/c1-4(2)5-3;;;;/h4H,1-2H2,3H3;2*1H3;;/q-2;2*-1;;. The van der Waals surface area contributed by atoms with Crippen LogP contribution >= 0.6 is 0 Å². The van der Waals surface area contributed by atoms with Gasteiger partial charge in [-0.1, -0.05) is 0 Å². The molecule has 0 unspecified atom stereocenters. The van der Waals surface area contributed by atoms with Gasteiger partial charge < -0.3 is 33.4 Å². The minimum atomic E-state index is -0.116. The number of hydrogen-bond donors (Lipinski definition) is 0. The van der Waals surface area contributed by atoms with Crippen molar-refractivity contribution in [3.63, 3.8) is 0 Å². The molecule has 9 heavy (non-hydrogen) atoms. The molecule has 0 aliphatic heterocycles. The van der Waals surface area contributed by atoms with Crippen molar-refractivity contribution in [2.45, 2.75) is 6.10 Å². The molecule has 0 atom stereocenters.